The third kappa shape index (κ3) is 3.74. The predicted octanol–water partition coefficient (Wildman–Crippen LogP) is 3.90. The Morgan fingerprint density at radius 1 is 1.30 bits per heavy atom. The molecule has 2 rings (SSSR count). The number of halogens is 1. The third-order valence-corrected chi connectivity index (χ3v) is 4.54. The van der Waals surface area contributed by atoms with Crippen LogP contribution in [0.2, 0.25) is 5.02 Å². The van der Waals surface area contributed by atoms with Gasteiger partial charge in [-0.1, -0.05) is 30.9 Å². The third-order valence-electron chi connectivity index (χ3n) is 4.30. The van der Waals surface area contributed by atoms with Crippen molar-refractivity contribution in [3.63, 3.8) is 0 Å². The molecule has 1 amide bonds. The average molecular weight is 295 g/mol. The highest BCUT2D eigenvalue weighted by Crippen LogP contribution is 2.31. The first kappa shape index (κ1) is 15.3. The summed E-state index contributed by atoms with van der Waals surface area (Å²) < 4.78 is 0. The van der Waals surface area contributed by atoms with Crippen LogP contribution in [0.25, 0.3) is 0 Å². The molecule has 1 aliphatic rings. The number of hydrogen-bond acceptors (Lipinski definition) is 2. The minimum Gasteiger partial charge on any atom is -0.326 e. The highest BCUT2D eigenvalue weighted by Gasteiger charge is 2.32. The summed E-state index contributed by atoms with van der Waals surface area (Å²) in [5, 5.41) is 7.08. The van der Waals surface area contributed by atoms with E-state index >= 15 is 0 Å². The summed E-state index contributed by atoms with van der Waals surface area (Å²) in [4.78, 5) is 12.3. The Hall–Kier alpha value is -1.06. The number of benzene rings is 1. The second-order valence-corrected chi connectivity index (χ2v) is 6.21. The minimum atomic E-state index is -0.0251. The minimum absolute atomic E-state index is 0.0251. The molecule has 4 heteroatoms. The lowest BCUT2D eigenvalue weighted by molar-refractivity contribution is -0.117. The first-order valence-electron chi connectivity index (χ1n) is 7.30. The maximum absolute atomic E-state index is 12.3. The SMILES string of the molecule is CNC1(CC(=O)Nc2ccc(Cl)cc2C)CCCCC1. The van der Waals surface area contributed by atoms with E-state index in [1.54, 1.807) is 6.07 Å². The maximum atomic E-state index is 12.3. The molecule has 0 bridgehead atoms. The fourth-order valence-corrected chi connectivity index (χ4v) is 3.24. The molecule has 20 heavy (non-hydrogen) atoms. The van der Waals surface area contributed by atoms with Crippen LogP contribution in [0.3, 0.4) is 0 Å². The lowest BCUT2D eigenvalue weighted by Gasteiger charge is -2.36. The summed E-state index contributed by atoms with van der Waals surface area (Å²) in [7, 11) is 1.96. The zero-order chi connectivity index (χ0) is 14.6. The first-order chi connectivity index (χ1) is 9.54. The van der Waals surface area contributed by atoms with Gasteiger partial charge in [0.15, 0.2) is 0 Å². The monoisotopic (exact) mass is 294 g/mol. The lowest BCUT2D eigenvalue weighted by atomic mass is 9.79. The summed E-state index contributed by atoms with van der Waals surface area (Å²) in [6.07, 6.45) is 6.38. The van der Waals surface area contributed by atoms with E-state index in [1.165, 1.54) is 19.3 Å². The average Bonchev–Trinajstić information content (AvgIpc) is 2.43. The van der Waals surface area contributed by atoms with Gasteiger partial charge in [-0.15, -0.1) is 0 Å². The summed E-state index contributed by atoms with van der Waals surface area (Å²) in [6, 6.07) is 5.53. The van der Waals surface area contributed by atoms with E-state index in [4.69, 9.17) is 11.6 Å². The highest BCUT2D eigenvalue weighted by molar-refractivity contribution is 6.30. The Labute approximate surface area is 126 Å². The second kappa shape index (κ2) is 6.59. The van der Waals surface area contributed by atoms with Crippen LogP contribution in [0, 0.1) is 6.92 Å². The van der Waals surface area contributed by atoms with Gasteiger partial charge in [-0.05, 0) is 50.6 Å². The normalized spacial score (nSPS) is 17.8. The van der Waals surface area contributed by atoms with Crippen molar-refractivity contribution in [1.29, 1.82) is 0 Å². The smallest absolute Gasteiger partial charge is 0.226 e. The van der Waals surface area contributed by atoms with Crippen molar-refractivity contribution >= 4 is 23.2 Å². The van der Waals surface area contributed by atoms with E-state index in [-0.39, 0.29) is 11.4 Å². The topological polar surface area (TPSA) is 41.1 Å². The van der Waals surface area contributed by atoms with Gasteiger partial charge in [-0.2, -0.15) is 0 Å². The first-order valence-corrected chi connectivity index (χ1v) is 7.67. The molecule has 0 unspecified atom stereocenters. The van der Waals surface area contributed by atoms with Crippen molar-refractivity contribution in [1.82, 2.24) is 5.32 Å². The molecule has 1 aromatic carbocycles. The van der Waals surface area contributed by atoms with Crippen LogP contribution < -0.4 is 10.6 Å². The van der Waals surface area contributed by atoms with E-state index in [2.05, 4.69) is 10.6 Å². The molecule has 0 aliphatic heterocycles. The van der Waals surface area contributed by atoms with Gasteiger partial charge in [0.2, 0.25) is 5.91 Å². The van der Waals surface area contributed by atoms with Gasteiger partial charge < -0.3 is 10.6 Å². The van der Waals surface area contributed by atoms with Gasteiger partial charge in [-0.3, -0.25) is 4.79 Å². The quantitative estimate of drug-likeness (QED) is 0.884. The van der Waals surface area contributed by atoms with Crippen LogP contribution in [0.5, 0.6) is 0 Å². The molecule has 2 N–H and O–H groups in total. The van der Waals surface area contributed by atoms with Gasteiger partial charge >= 0.3 is 0 Å². The molecule has 1 aliphatic carbocycles. The summed E-state index contributed by atoms with van der Waals surface area (Å²) in [5.74, 6) is 0.0756. The van der Waals surface area contributed by atoms with Crippen LogP contribution in [0.15, 0.2) is 18.2 Å². The number of aryl methyl sites for hydroxylation is 1. The van der Waals surface area contributed by atoms with Crippen molar-refractivity contribution in [2.45, 2.75) is 51.0 Å². The molecule has 1 aromatic rings. The molecule has 0 atom stereocenters. The molecule has 0 heterocycles. The standard InChI is InChI=1S/C16H23ClN2O/c1-12-10-13(17)6-7-14(12)19-15(20)11-16(18-2)8-4-3-5-9-16/h6-7,10,18H,3-5,8-9,11H2,1-2H3,(H,19,20). The van der Waals surface area contributed by atoms with Crippen LogP contribution in [-0.4, -0.2) is 18.5 Å². The fourth-order valence-electron chi connectivity index (χ4n) is 3.01. The number of amides is 1. The molecular formula is C16H23ClN2O. The number of carbonyl (C=O) groups is 1. The van der Waals surface area contributed by atoms with Gasteiger partial charge in [0.25, 0.3) is 0 Å². The predicted molar refractivity (Wildman–Crippen MR) is 84.3 cm³/mol. The molecular weight excluding hydrogens is 272 g/mol. The zero-order valence-corrected chi connectivity index (χ0v) is 13.0. The maximum Gasteiger partial charge on any atom is 0.226 e. The van der Waals surface area contributed by atoms with Gasteiger partial charge in [0.1, 0.15) is 0 Å². The van der Waals surface area contributed by atoms with Crippen LogP contribution in [-0.2, 0) is 4.79 Å². The molecule has 0 aromatic heterocycles. The van der Waals surface area contributed by atoms with E-state index in [0.717, 1.165) is 24.1 Å². The van der Waals surface area contributed by atoms with E-state index < -0.39 is 0 Å². The van der Waals surface area contributed by atoms with Gasteiger partial charge in [0, 0.05) is 22.7 Å². The number of carbonyl (C=O) groups excluding carboxylic acids is 1. The summed E-state index contributed by atoms with van der Waals surface area (Å²) in [6.45, 7) is 1.95. The largest absolute Gasteiger partial charge is 0.326 e. The Bertz CT molecular complexity index is 481. The molecule has 0 saturated heterocycles. The summed E-state index contributed by atoms with van der Waals surface area (Å²) in [5.41, 5.74) is 1.82. The molecule has 1 saturated carbocycles. The van der Waals surface area contributed by atoms with Crippen molar-refractivity contribution in [2.75, 3.05) is 12.4 Å². The van der Waals surface area contributed by atoms with Crippen molar-refractivity contribution in [3.8, 4) is 0 Å². The van der Waals surface area contributed by atoms with Crippen LogP contribution in [0.1, 0.15) is 44.1 Å². The van der Waals surface area contributed by atoms with Gasteiger partial charge in [0.05, 0.1) is 0 Å². The number of hydrogen-bond donors (Lipinski definition) is 2. The number of nitrogens with one attached hydrogen (secondary N) is 2. The Kier molecular flexibility index (Phi) is 5.06. The highest BCUT2D eigenvalue weighted by atomic mass is 35.5. The van der Waals surface area contributed by atoms with Crippen molar-refractivity contribution < 1.29 is 4.79 Å². The van der Waals surface area contributed by atoms with Gasteiger partial charge in [-0.25, -0.2) is 0 Å². The van der Waals surface area contributed by atoms with Crippen LogP contribution in [0.4, 0.5) is 5.69 Å². The molecule has 0 radical (unpaired) electrons. The Morgan fingerprint density at radius 3 is 2.60 bits per heavy atom. The zero-order valence-electron chi connectivity index (χ0n) is 12.3. The van der Waals surface area contributed by atoms with E-state index in [0.29, 0.717) is 11.4 Å². The number of anilines is 1. The molecule has 110 valence electrons. The second-order valence-electron chi connectivity index (χ2n) is 5.78. The summed E-state index contributed by atoms with van der Waals surface area (Å²) >= 11 is 5.93. The molecule has 0 spiro atoms. The van der Waals surface area contributed by atoms with E-state index in [9.17, 15) is 4.79 Å². The number of rotatable bonds is 4. The van der Waals surface area contributed by atoms with Crippen molar-refractivity contribution in [3.05, 3.63) is 28.8 Å². The van der Waals surface area contributed by atoms with Crippen LogP contribution >= 0.6 is 11.6 Å². The van der Waals surface area contributed by atoms with Crippen molar-refractivity contribution in [2.24, 2.45) is 0 Å². The molecule has 1 fully saturated rings. The molecule has 3 nitrogen and oxygen atoms in total. The Morgan fingerprint density at radius 2 is 2.00 bits per heavy atom. The Balaban J connectivity index is 2.00. The fraction of sp³-hybridized carbons (Fsp3) is 0.562. The van der Waals surface area contributed by atoms with E-state index in [1.807, 2.05) is 26.1 Å². The lowest BCUT2D eigenvalue weighted by Crippen LogP contribution is -2.47.